The first-order chi connectivity index (χ1) is 14.2. The van der Waals surface area contributed by atoms with Crippen molar-refractivity contribution in [2.75, 3.05) is 13.6 Å². The van der Waals surface area contributed by atoms with Crippen LogP contribution >= 0.6 is 11.3 Å². The van der Waals surface area contributed by atoms with Crippen LogP contribution in [-0.2, 0) is 19.4 Å². The lowest BCUT2D eigenvalue weighted by atomic mass is 10.3. The van der Waals surface area contributed by atoms with Crippen molar-refractivity contribution in [2.45, 2.75) is 26.3 Å². The van der Waals surface area contributed by atoms with Crippen LogP contribution in [0.25, 0.3) is 0 Å². The number of hydrogen-bond donors (Lipinski definition) is 2. The molecule has 0 radical (unpaired) electrons. The summed E-state index contributed by atoms with van der Waals surface area (Å²) in [5.41, 5.74) is 0.993. The second-order valence-electron chi connectivity index (χ2n) is 6.24. The van der Waals surface area contributed by atoms with E-state index in [1.54, 1.807) is 42.8 Å². The highest BCUT2D eigenvalue weighted by Crippen LogP contribution is 2.19. The van der Waals surface area contributed by atoms with Gasteiger partial charge >= 0.3 is 0 Å². The third-order valence-electron chi connectivity index (χ3n) is 4.10. The van der Waals surface area contributed by atoms with Gasteiger partial charge in [0.1, 0.15) is 11.6 Å². The van der Waals surface area contributed by atoms with Gasteiger partial charge in [0.05, 0.1) is 5.01 Å². The predicted octanol–water partition coefficient (Wildman–Crippen LogP) is 3.94. The summed E-state index contributed by atoms with van der Waals surface area (Å²) in [4.78, 5) is 14.3. The number of pyridine rings is 1. The first kappa shape index (κ1) is 20.7. The zero-order chi connectivity index (χ0) is 20.5. The molecule has 0 bridgehead atoms. The molecule has 3 rings (SSSR count). The number of aromatic nitrogens is 2. The highest BCUT2D eigenvalue weighted by atomic mass is 32.1. The lowest BCUT2D eigenvalue weighted by Crippen LogP contribution is -2.37. The summed E-state index contributed by atoms with van der Waals surface area (Å²) >= 11 is 1.75. The molecule has 0 amide bonds. The van der Waals surface area contributed by atoms with E-state index in [0.29, 0.717) is 18.2 Å². The molecule has 2 heterocycles. The third-order valence-corrected chi connectivity index (χ3v) is 5.30. The van der Waals surface area contributed by atoms with Crippen LogP contribution in [0.5, 0.6) is 11.6 Å². The van der Waals surface area contributed by atoms with Gasteiger partial charge in [-0.15, -0.1) is 11.3 Å². The third kappa shape index (κ3) is 6.53. The van der Waals surface area contributed by atoms with Gasteiger partial charge in [0.15, 0.2) is 5.96 Å². The van der Waals surface area contributed by atoms with Crippen molar-refractivity contribution in [1.82, 2.24) is 20.6 Å². The molecular weight excluding hydrogens is 389 g/mol. The van der Waals surface area contributed by atoms with E-state index in [0.717, 1.165) is 35.9 Å². The molecule has 0 aliphatic rings. The number of nitrogens with zero attached hydrogens (tertiary/aromatic N) is 3. The van der Waals surface area contributed by atoms with Crippen LogP contribution in [0.4, 0.5) is 4.39 Å². The van der Waals surface area contributed by atoms with Crippen LogP contribution < -0.4 is 15.4 Å². The zero-order valence-corrected chi connectivity index (χ0v) is 17.3. The molecule has 0 saturated carbocycles. The number of aliphatic imine (C=N–C) groups is 1. The molecule has 29 heavy (non-hydrogen) atoms. The van der Waals surface area contributed by atoms with Gasteiger partial charge in [-0.2, -0.15) is 0 Å². The van der Waals surface area contributed by atoms with E-state index in [-0.39, 0.29) is 5.82 Å². The van der Waals surface area contributed by atoms with Crippen LogP contribution in [0.3, 0.4) is 0 Å². The average Bonchev–Trinajstić information content (AvgIpc) is 3.21. The largest absolute Gasteiger partial charge is 0.439 e. The number of benzene rings is 1. The van der Waals surface area contributed by atoms with Crippen LogP contribution in [0, 0.1) is 5.82 Å². The van der Waals surface area contributed by atoms with E-state index in [1.807, 2.05) is 12.3 Å². The maximum Gasteiger partial charge on any atom is 0.219 e. The van der Waals surface area contributed by atoms with Crippen molar-refractivity contribution in [3.8, 4) is 11.6 Å². The van der Waals surface area contributed by atoms with Crippen molar-refractivity contribution in [2.24, 2.45) is 4.99 Å². The minimum atomic E-state index is -0.300. The first-order valence-electron chi connectivity index (χ1n) is 9.42. The average molecular weight is 414 g/mol. The quantitative estimate of drug-likeness (QED) is 0.432. The normalized spacial score (nSPS) is 11.3. The monoisotopic (exact) mass is 413 g/mol. The summed E-state index contributed by atoms with van der Waals surface area (Å²) in [5, 5.41) is 7.69. The number of thiazole rings is 1. The fourth-order valence-electron chi connectivity index (χ4n) is 2.52. The van der Waals surface area contributed by atoms with Gasteiger partial charge in [0.2, 0.25) is 5.88 Å². The summed E-state index contributed by atoms with van der Waals surface area (Å²) in [5.74, 6) is 1.42. The minimum Gasteiger partial charge on any atom is -0.439 e. The van der Waals surface area contributed by atoms with Crippen LogP contribution in [-0.4, -0.2) is 29.5 Å². The Morgan fingerprint density at radius 2 is 1.93 bits per heavy atom. The second-order valence-corrected chi connectivity index (χ2v) is 7.44. The summed E-state index contributed by atoms with van der Waals surface area (Å²) in [6.45, 7) is 3.48. The summed E-state index contributed by atoms with van der Waals surface area (Å²) in [6.07, 6.45) is 5.57. The predicted molar refractivity (Wildman–Crippen MR) is 114 cm³/mol. The van der Waals surface area contributed by atoms with Gasteiger partial charge in [-0.25, -0.2) is 14.4 Å². The Kier molecular flexibility index (Phi) is 7.52. The molecule has 0 saturated heterocycles. The molecule has 2 aromatic heterocycles. The molecule has 8 heteroatoms. The van der Waals surface area contributed by atoms with Crippen molar-refractivity contribution < 1.29 is 9.13 Å². The molecule has 2 N–H and O–H groups in total. The number of rotatable bonds is 8. The minimum absolute atomic E-state index is 0.300. The Balaban J connectivity index is 1.43. The molecule has 0 fully saturated rings. The highest BCUT2D eigenvalue weighted by molar-refractivity contribution is 7.11. The maximum absolute atomic E-state index is 12.9. The highest BCUT2D eigenvalue weighted by Gasteiger charge is 2.04. The molecule has 1 aromatic carbocycles. The van der Waals surface area contributed by atoms with Gasteiger partial charge < -0.3 is 15.4 Å². The number of hydrogen-bond acceptors (Lipinski definition) is 5. The lowest BCUT2D eigenvalue weighted by molar-refractivity contribution is 0.461. The molecule has 0 aliphatic carbocycles. The fourth-order valence-corrected chi connectivity index (χ4v) is 3.38. The van der Waals surface area contributed by atoms with Gasteiger partial charge in [-0.1, -0.05) is 13.0 Å². The van der Waals surface area contributed by atoms with E-state index < -0.39 is 0 Å². The molecule has 0 unspecified atom stereocenters. The molecule has 0 atom stereocenters. The molecular formula is C21H24FN5OS. The van der Waals surface area contributed by atoms with Gasteiger partial charge in [0, 0.05) is 49.9 Å². The number of ether oxygens (including phenoxy) is 1. The van der Waals surface area contributed by atoms with Crippen LogP contribution in [0.2, 0.25) is 0 Å². The molecule has 6 nitrogen and oxygen atoms in total. The standard InChI is InChI=1S/C21H24FN5OS/c1-3-18-14-26-20(29-18)10-11-24-21(23-2)27-13-15-4-9-19(25-12-15)28-17-7-5-16(22)6-8-17/h4-9,12,14H,3,10-11,13H2,1-2H3,(H2,23,24,27). The number of guanidine groups is 1. The van der Waals surface area contributed by atoms with E-state index >= 15 is 0 Å². The van der Waals surface area contributed by atoms with Gasteiger partial charge in [0.25, 0.3) is 0 Å². The zero-order valence-electron chi connectivity index (χ0n) is 16.5. The van der Waals surface area contributed by atoms with E-state index in [4.69, 9.17) is 4.74 Å². The van der Waals surface area contributed by atoms with Crippen molar-refractivity contribution >= 4 is 17.3 Å². The lowest BCUT2D eigenvalue weighted by Gasteiger charge is -2.11. The first-order valence-corrected chi connectivity index (χ1v) is 10.2. The van der Waals surface area contributed by atoms with Crippen LogP contribution in [0.15, 0.2) is 53.8 Å². The number of nitrogens with one attached hydrogen (secondary N) is 2. The van der Waals surface area contributed by atoms with Crippen molar-refractivity contribution in [3.63, 3.8) is 0 Å². The van der Waals surface area contributed by atoms with Crippen LogP contribution in [0.1, 0.15) is 22.4 Å². The Labute approximate surface area is 173 Å². The summed E-state index contributed by atoms with van der Waals surface area (Å²) in [6, 6.07) is 9.54. The SMILES string of the molecule is CCc1cnc(CCNC(=NC)NCc2ccc(Oc3ccc(F)cc3)nc2)s1. The van der Waals surface area contributed by atoms with E-state index in [1.165, 1.54) is 17.0 Å². The Bertz CT molecular complexity index is 925. The van der Waals surface area contributed by atoms with Gasteiger partial charge in [-0.3, -0.25) is 4.99 Å². The Morgan fingerprint density at radius 1 is 1.10 bits per heavy atom. The van der Waals surface area contributed by atoms with Gasteiger partial charge in [-0.05, 0) is 36.2 Å². The second kappa shape index (κ2) is 10.5. The van der Waals surface area contributed by atoms with Crippen molar-refractivity contribution in [3.05, 3.63) is 70.1 Å². The maximum atomic E-state index is 12.9. The fraction of sp³-hybridized carbons (Fsp3) is 0.286. The molecule has 152 valence electrons. The number of halogens is 1. The summed E-state index contributed by atoms with van der Waals surface area (Å²) < 4.78 is 18.5. The molecule has 0 aliphatic heterocycles. The molecule has 0 spiro atoms. The molecule has 3 aromatic rings. The van der Waals surface area contributed by atoms with E-state index in [9.17, 15) is 4.39 Å². The Hall–Kier alpha value is -3.00. The summed E-state index contributed by atoms with van der Waals surface area (Å²) in [7, 11) is 1.74. The number of aryl methyl sites for hydroxylation is 1. The van der Waals surface area contributed by atoms with E-state index in [2.05, 4.69) is 32.5 Å². The van der Waals surface area contributed by atoms with Crippen molar-refractivity contribution in [1.29, 1.82) is 0 Å². The Morgan fingerprint density at radius 3 is 2.59 bits per heavy atom. The smallest absolute Gasteiger partial charge is 0.219 e. The topological polar surface area (TPSA) is 71.4 Å².